The van der Waals surface area contributed by atoms with Gasteiger partial charge in [0.05, 0.1) is 10.0 Å². The Morgan fingerprint density at radius 1 is 1.24 bits per heavy atom. The topological polar surface area (TPSA) is 67.8 Å². The Morgan fingerprint density at radius 3 is 2.48 bits per heavy atom. The lowest BCUT2D eigenvalue weighted by Crippen LogP contribution is -2.13. The molecule has 0 fully saturated rings. The fraction of sp³-hybridized carbons (Fsp3) is 0.133. The predicted molar refractivity (Wildman–Crippen MR) is 84.5 cm³/mol. The zero-order chi connectivity index (χ0) is 15.4. The molecule has 2 aromatic carbocycles. The molecule has 0 aromatic heterocycles. The predicted octanol–water partition coefficient (Wildman–Crippen LogP) is 3.98. The summed E-state index contributed by atoms with van der Waals surface area (Å²) in [4.78, 5) is 0. The van der Waals surface area contributed by atoms with Crippen LogP contribution in [-0.4, -0.2) is 11.0 Å². The van der Waals surface area contributed by atoms with E-state index in [1.807, 2.05) is 19.1 Å². The molecule has 3 N–H and O–H groups in total. The van der Waals surface area contributed by atoms with Gasteiger partial charge in [-0.05, 0) is 36.2 Å². The second-order valence-corrected chi connectivity index (χ2v) is 5.28. The Bertz CT molecular complexity index is 667. The first-order valence-corrected chi connectivity index (χ1v) is 6.92. The minimum Gasteiger partial charge on any atom is -0.486 e. The molecule has 0 aliphatic heterocycles. The number of rotatable bonds is 4. The first-order valence-electron chi connectivity index (χ1n) is 6.17. The number of hydrogen-bond acceptors (Lipinski definition) is 3. The summed E-state index contributed by atoms with van der Waals surface area (Å²) >= 11 is 12.1. The Morgan fingerprint density at radius 2 is 1.90 bits per heavy atom. The summed E-state index contributed by atoms with van der Waals surface area (Å²) in [5, 5.41) is 12.6. The summed E-state index contributed by atoms with van der Waals surface area (Å²) in [6.45, 7) is 2.24. The molecule has 0 radical (unpaired) electrons. The van der Waals surface area contributed by atoms with Crippen LogP contribution in [-0.2, 0) is 6.61 Å². The van der Waals surface area contributed by atoms with Crippen molar-refractivity contribution >= 4 is 29.0 Å². The van der Waals surface area contributed by atoms with Crippen LogP contribution in [0.1, 0.15) is 16.7 Å². The normalized spacial score (nSPS) is 11.5. The minimum atomic E-state index is 0.0692. The first-order chi connectivity index (χ1) is 10.0. The van der Waals surface area contributed by atoms with Crippen LogP contribution in [0.2, 0.25) is 10.0 Å². The van der Waals surface area contributed by atoms with Gasteiger partial charge in [-0.25, -0.2) is 0 Å². The number of amidine groups is 1. The van der Waals surface area contributed by atoms with Crippen LogP contribution < -0.4 is 10.5 Å². The zero-order valence-corrected chi connectivity index (χ0v) is 12.8. The van der Waals surface area contributed by atoms with Crippen molar-refractivity contribution in [2.24, 2.45) is 10.9 Å². The summed E-state index contributed by atoms with van der Waals surface area (Å²) in [5.74, 6) is 0.528. The third-order valence-electron chi connectivity index (χ3n) is 3.04. The number of nitrogens with zero attached hydrogens (tertiary/aromatic N) is 1. The molecule has 2 aromatic rings. The number of para-hydroxylation sites is 1. The number of aryl methyl sites for hydroxylation is 1. The summed E-state index contributed by atoms with van der Waals surface area (Å²) in [5.41, 5.74) is 8.12. The van der Waals surface area contributed by atoms with Gasteiger partial charge < -0.3 is 15.7 Å². The Labute approximate surface area is 132 Å². The lowest BCUT2D eigenvalue weighted by Gasteiger charge is -2.12. The maximum absolute atomic E-state index is 8.67. The van der Waals surface area contributed by atoms with E-state index in [2.05, 4.69) is 5.16 Å². The standard InChI is InChI=1S/C15H14Cl2N2O2/c1-9-7-10(15(18)19-20)5-6-11(9)8-21-14-12(16)3-2-4-13(14)17/h2-7,20H,8H2,1H3,(H2,18,19). The molecule has 2 rings (SSSR count). The van der Waals surface area contributed by atoms with Crippen LogP contribution in [0.5, 0.6) is 5.75 Å². The van der Waals surface area contributed by atoms with Gasteiger partial charge in [-0.3, -0.25) is 0 Å². The van der Waals surface area contributed by atoms with Gasteiger partial charge >= 0.3 is 0 Å². The van der Waals surface area contributed by atoms with Crippen molar-refractivity contribution in [1.29, 1.82) is 0 Å². The lowest BCUT2D eigenvalue weighted by molar-refractivity contribution is 0.306. The van der Waals surface area contributed by atoms with Crippen LogP contribution in [0.15, 0.2) is 41.6 Å². The Kier molecular flexibility index (Phi) is 4.94. The number of hydrogen-bond donors (Lipinski definition) is 2. The van der Waals surface area contributed by atoms with Crippen LogP contribution >= 0.6 is 23.2 Å². The maximum Gasteiger partial charge on any atom is 0.170 e. The van der Waals surface area contributed by atoms with Gasteiger partial charge in [-0.1, -0.05) is 46.6 Å². The number of halogens is 2. The van der Waals surface area contributed by atoms with Crippen LogP contribution in [0.4, 0.5) is 0 Å². The van der Waals surface area contributed by atoms with Crippen molar-refractivity contribution in [2.45, 2.75) is 13.5 Å². The molecule has 110 valence electrons. The molecule has 0 unspecified atom stereocenters. The number of ether oxygens (including phenoxy) is 1. The SMILES string of the molecule is Cc1cc(/C(N)=N/O)ccc1COc1c(Cl)cccc1Cl. The van der Waals surface area contributed by atoms with Crippen LogP contribution in [0.25, 0.3) is 0 Å². The molecule has 0 saturated carbocycles. The second-order valence-electron chi connectivity index (χ2n) is 4.47. The van der Waals surface area contributed by atoms with Crippen molar-refractivity contribution in [2.75, 3.05) is 0 Å². The smallest absolute Gasteiger partial charge is 0.170 e. The molecule has 6 heteroatoms. The Balaban J connectivity index is 2.18. The highest BCUT2D eigenvalue weighted by Crippen LogP contribution is 2.33. The molecule has 0 bridgehead atoms. The molecule has 0 spiro atoms. The summed E-state index contributed by atoms with van der Waals surface area (Å²) in [7, 11) is 0. The number of oxime groups is 1. The summed E-state index contributed by atoms with van der Waals surface area (Å²) in [6, 6.07) is 10.6. The van der Waals surface area contributed by atoms with E-state index in [4.69, 9.17) is 38.9 Å². The first kappa shape index (κ1) is 15.5. The van der Waals surface area contributed by atoms with Crippen LogP contribution in [0, 0.1) is 6.92 Å². The molecule has 0 aliphatic rings. The highest BCUT2D eigenvalue weighted by atomic mass is 35.5. The van der Waals surface area contributed by atoms with E-state index in [1.54, 1.807) is 24.3 Å². The average Bonchev–Trinajstić information content (AvgIpc) is 2.47. The van der Waals surface area contributed by atoms with E-state index in [-0.39, 0.29) is 5.84 Å². The molecule has 0 atom stereocenters. The zero-order valence-electron chi connectivity index (χ0n) is 11.3. The third kappa shape index (κ3) is 3.60. The van der Waals surface area contributed by atoms with Gasteiger partial charge in [0.2, 0.25) is 0 Å². The third-order valence-corrected chi connectivity index (χ3v) is 3.63. The van der Waals surface area contributed by atoms with E-state index in [9.17, 15) is 0 Å². The molecule has 0 amide bonds. The van der Waals surface area contributed by atoms with E-state index < -0.39 is 0 Å². The van der Waals surface area contributed by atoms with Gasteiger partial charge in [-0.2, -0.15) is 0 Å². The monoisotopic (exact) mass is 324 g/mol. The van der Waals surface area contributed by atoms with Crippen molar-refractivity contribution in [3.63, 3.8) is 0 Å². The maximum atomic E-state index is 8.67. The van der Waals surface area contributed by atoms with Gasteiger partial charge in [0.15, 0.2) is 11.6 Å². The van der Waals surface area contributed by atoms with Crippen molar-refractivity contribution < 1.29 is 9.94 Å². The van der Waals surface area contributed by atoms with Gasteiger partial charge in [0.25, 0.3) is 0 Å². The molecule has 0 heterocycles. The molecule has 0 aliphatic carbocycles. The second kappa shape index (κ2) is 6.70. The molecular weight excluding hydrogens is 311 g/mol. The number of benzene rings is 2. The van der Waals surface area contributed by atoms with Gasteiger partial charge in [0, 0.05) is 5.56 Å². The minimum absolute atomic E-state index is 0.0692. The molecule has 4 nitrogen and oxygen atoms in total. The summed E-state index contributed by atoms with van der Waals surface area (Å²) in [6.07, 6.45) is 0. The highest BCUT2D eigenvalue weighted by molar-refractivity contribution is 6.37. The quantitative estimate of drug-likeness (QED) is 0.387. The average molecular weight is 325 g/mol. The van der Waals surface area contributed by atoms with Crippen molar-refractivity contribution in [3.8, 4) is 5.75 Å². The van der Waals surface area contributed by atoms with Gasteiger partial charge in [-0.15, -0.1) is 0 Å². The molecular formula is C15H14Cl2N2O2. The van der Waals surface area contributed by atoms with Gasteiger partial charge in [0.1, 0.15) is 6.61 Å². The molecule has 0 saturated heterocycles. The lowest BCUT2D eigenvalue weighted by atomic mass is 10.1. The fourth-order valence-corrected chi connectivity index (χ4v) is 2.35. The van der Waals surface area contributed by atoms with Crippen LogP contribution in [0.3, 0.4) is 0 Å². The fourth-order valence-electron chi connectivity index (χ4n) is 1.85. The molecule has 21 heavy (non-hydrogen) atoms. The van der Waals surface area contributed by atoms with Crippen molar-refractivity contribution in [3.05, 3.63) is 63.1 Å². The highest BCUT2D eigenvalue weighted by Gasteiger charge is 2.09. The van der Waals surface area contributed by atoms with Crippen molar-refractivity contribution in [1.82, 2.24) is 0 Å². The van der Waals surface area contributed by atoms with E-state index in [0.29, 0.717) is 28.0 Å². The summed E-state index contributed by atoms with van der Waals surface area (Å²) < 4.78 is 5.69. The van der Waals surface area contributed by atoms with E-state index in [1.165, 1.54) is 0 Å². The van der Waals surface area contributed by atoms with E-state index >= 15 is 0 Å². The van der Waals surface area contributed by atoms with E-state index in [0.717, 1.165) is 11.1 Å². The Hall–Kier alpha value is -1.91. The number of nitrogens with two attached hydrogens (primary N) is 1. The largest absolute Gasteiger partial charge is 0.486 e.